The molecule has 0 radical (unpaired) electrons. The van der Waals surface area contributed by atoms with E-state index in [2.05, 4.69) is 124 Å². The van der Waals surface area contributed by atoms with Crippen LogP contribution < -0.4 is 0 Å². The Morgan fingerprint density at radius 2 is 1.78 bits per heavy atom. The molecule has 3 aromatic rings. The summed E-state index contributed by atoms with van der Waals surface area (Å²) >= 11 is 0. The summed E-state index contributed by atoms with van der Waals surface area (Å²) in [6.07, 6.45) is 21.1. The van der Waals surface area contributed by atoms with E-state index in [1.807, 2.05) is 0 Å². The van der Waals surface area contributed by atoms with Crippen molar-refractivity contribution in [3.63, 3.8) is 0 Å². The molecule has 0 aromatic heterocycles. The largest absolute Gasteiger partial charge is 0.0842 e. The van der Waals surface area contributed by atoms with E-state index >= 15 is 0 Å². The van der Waals surface area contributed by atoms with Crippen LogP contribution in [0.2, 0.25) is 0 Å². The quantitative estimate of drug-likeness (QED) is 0.337. The van der Waals surface area contributed by atoms with Crippen LogP contribution in [-0.2, 0) is 12.8 Å². The van der Waals surface area contributed by atoms with Gasteiger partial charge in [0, 0.05) is 0 Å². The van der Waals surface area contributed by atoms with Crippen molar-refractivity contribution >= 4 is 28.5 Å². The van der Waals surface area contributed by atoms with Gasteiger partial charge in [-0.05, 0) is 84.2 Å². The first-order valence-corrected chi connectivity index (χ1v) is 11.6. The third kappa shape index (κ3) is 4.92. The number of allylic oxidation sites excluding steroid dienone is 8. The van der Waals surface area contributed by atoms with E-state index in [1.165, 1.54) is 49.7 Å². The topological polar surface area (TPSA) is 0 Å². The molecule has 1 aliphatic carbocycles. The van der Waals surface area contributed by atoms with Gasteiger partial charge in [0.1, 0.15) is 0 Å². The van der Waals surface area contributed by atoms with Crippen molar-refractivity contribution in [3.8, 4) is 0 Å². The lowest BCUT2D eigenvalue weighted by atomic mass is 9.85. The second-order valence-corrected chi connectivity index (χ2v) is 8.53. The van der Waals surface area contributed by atoms with Crippen molar-refractivity contribution in [2.45, 2.75) is 40.0 Å². The Balaban J connectivity index is 1.52. The molecule has 0 N–H and O–H groups in total. The molecule has 0 atom stereocenters. The molecule has 0 saturated carbocycles. The summed E-state index contributed by atoms with van der Waals surface area (Å²) in [6, 6.07) is 19.7. The zero-order valence-corrected chi connectivity index (χ0v) is 19.4. The van der Waals surface area contributed by atoms with E-state index in [4.69, 9.17) is 0 Å². The van der Waals surface area contributed by atoms with Crippen molar-refractivity contribution in [1.82, 2.24) is 0 Å². The Morgan fingerprint density at radius 3 is 2.59 bits per heavy atom. The lowest BCUT2D eigenvalue weighted by molar-refractivity contribution is 1.00. The molecule has 0 heteroatoms. The molecule has 3 aromatic carbocycles. The molecule has 0 saturated heterocycles. The van der Waals surface area contributed by atoms with Crippen LogP contribution >= 0.6 is 0 Å². The van der Waals surface area contributed by atoms with Gasteiger partial charge in [-0.25, -0.2) is 0 Å². The van der Waals surface area contributed by atoms with Crippen LogP contribution in [0.15, 0.2) is 96.6 Å². The Bertz CT molecular complexity index is 1240. The summed E-state index contributed by atoms with van der Waals surface area (Å²) in [5.41, 5.74) is 9.46. The second kappa shape index (κ2) is 10.3. The van der Waals surface area contributed by atoms with Crippen LogP contribution in [0.3, 0.4) is 0 Å². The Hall–Kier alpha value is -3.38. The van der Waals surface area contributed by atoms with Gasteiger partial charge in [0.15, 0.2) is 0 Å². The number of aryl methyl sites for hydroxylation is 1. The van der Waals surface area contributed by atoms with Crippen molar-refractivity contribution in [2.24, 2.45) is 0 Å². The molecule has 0 bridgehead atoms. The maximum absolute atomic E-state index is 2.30. The SMILES string of the molecule is C/C=C(/C)c1ccc2ccc(\C=C/C(C)=C\C=C\CCc3ccccc3)c3c2c1CC=C3. The molecule has 0 amide bonds. The standard InChI is InChI=1S/C32H32/c1-4-25(3)29-23-22-28-21-20-27(30-16-11-17-31(29)32(28)30)19-18-24(2)12-7-5-8-13-26-14-9-6-10-15-26/h4-7,9-12,14-16,18-23H,8,13,17H2,1-3H3/b7-5+,19-18-,24-12-,25-4-. The second-order valence-electron chi connectivity index (χ2n) is 8.53. The molecule has 0 aliphatic heterocycles. The fourth-order valence-corrected chi connectivity index (χ4v) is 4.38. The van der Waals surface area contributed by atoms with Gasteiger partial charge in [0.2, 0.25) is 0 Å². The van der Waals surface area contributed by atoms with Gasteiger partial charge >= 0.3 is 0 Å². The number of hydrogen-bond donors (Lipinski definition) is 0. The maximum Gasteiger partial charge on any atom is -0.00642 e. The Morgan fingerprint density at radius 1 is 0.969 bits per heavy atom. The van der Waals surface area contributed by atoms with Crippen LogP contribution in [0.4, 0.5) is 0 Å². The molecule has 0 fully saturated rings. The highest BCUT2D eigenvalue weighted by Crippen LogP contribution is 2.36. The van der Waals surface area contributed by atoms with Crippen molar-refractivity contribution in [1.29, 1.82) is 0 Å². The predicted molar refractivity (Wildman–Crippen MR) is 143 cm³/mol. The third-order valence-corrected chi connectivity index (χ3v) is 6.30. The summed E-state index contributed by atoms with van der Waals surface area (Å²) in [7, 11) is 0. The first-order chi connectivity index (χ1) is 15.7. The van der Waals surface area contributed by atoms with Crippen LogP contribution in [0.25, 0.3) is 28.5 Å². The van der Waals surface area contributed by atoms with Gasteiger partial charge in [0.25, 0.3) is 0 Å². The molecule has 32 heavy (non-hydrogen) atoms. The van der Waals surface area contributed by atoms with Crippen molar-refractivity contribution in [3.05, 3.63) is 124 Å². The first-order valence-electron chi connectivity index (χ1n) is 11.6. The van der Waals surface area contributed by atoms with Crippen molar-refractivity contribution < 1.29 is 0 Å². The molecule has 0 heterocycles. The van der Waals surface area contributed by atoms with Crippen LogP contribution in [-0.4, -0.2) is 0 Å². The van der Waals surface area contributed by atoms with E-state index in [-0.39, 0.29) is 0 Å². The van der Waals surface area contributed by atoms with E-state index in [9.17, 15) is 0 Å². The summed E-state index contributed by atoms with van der Waals surface area (Å²) in [6.45, 7) is 6.50. The average Bonchev–Trinajstić information content (AvgIpc) is 2.84. The smallest absolute Gasteiger partial charge is 0.00642 e. The lowest BCUT2D eigenvalue weighted by Gasteiger charge is -2.19. The molecular formula is C32H32. The third-order valence-electron chi connectivity index (χ3n) is 6.30. The van der Waals surface area contributed by atoms with Crippen molar-refractivity contribution in [2.75, 3.05) is 0 Å². The minimum Gasteiger partial charge on any atom is -0.0842 e. The Kier molecular flexibility index (Phi) is 7.02. The fourth-order valence-electron chi connectivity index (χ4n) is 4.38. The van der Waals surface area contributed by atoms with Crippen LogP contribution in [0.5, 0.6) is 0 Å². The highest BCUT2D eigenvalue weighted by molar-refractivity contribution is 6.00. The molecule has 1 aliphatic rings. The molecule has 4 rings (SSSR count). The van der Waals surface area contributed by atoms with Crippen LogP contribution in [0, 0.1) is 0 Å². The maximum atomic E-state index is 2.30. The van der Waals surface area contributed by atoms with E-state index in [0.717, 1.165) is 19.3 Å². The molecule has 160 valence electrons. The minimum atomic E-state index is 1.00. The van der Waals surface area contributed by atoms with E-state index in [1.54, 1.807) is 0 Å². The van der Waals surface area contributed by atoms with E-state index < -0.39 is 0 Å². The van der Waals surface area contributed by atoms with Gasteiger partial charge in [-0.1, -0.05) is 109 Å². The zero-order valence-electron chi connectivity index (χ0n) is 19.4. The highest BCUT2D eigenvalue weighted by Gasteiger charge is 2.15. The number of rotatable bonds is 7. The molecule has 0 unspecified atom stereocenters. The minimum absolute atomic E-state index is 1.00. The molecule has 0 nitrogen and oxygen atoms in total. The molecular weight excluding hydrogens is 384 g/mol. The fraction of sp³-hybridized carbons (Fsp3) is 0.188. The monoisotopic (exact) mass is 416 g/mol. The summed E-state index contributed by atoms with van der Waals surface area (Å²) < 4.78 is 0. The molecule has 0 spiro atoms. The predicted octanol–water partition coefficient (Wildman–Crippen LogP) is 8.98. The normalized spacial score (nSPS) is 14.2. The van der Waals surface area contributed by atoms with Gasteiger partial charge in [0.05, 0.1) is 0 Å². The zero-order chi connectivity index (χ0) is 22.3. The Labute approximate surface area is 193 Å². The summed E-state index contributed by atoms with van der Waals surface area (Å²) in [4.78, 5) is 0. The van der Waals surface area contributed by atoms with E-state index in [0.29, 0.717) is 0 Å². The van der Waals surface area contributed by atoms with Gasteiger partial charge in [-0.3, -0.25) is 0 Å². The first kappa shape index (κ1) is 21.8. The van der Waals surface area contributed by atoms with Gasteiger partial charge in [-0.15, -0.1) is 0 Å². The lowest BCUT2D eigenvalue weighted by Crippen LogP contribution is -1.99. The number of benzene rings is 3. The average molecular weight is 417 g/mol. The van der Waals surface area contributed by atoms with Gasteiger partial charge in [-0.2, -0.15) is 0 Å². The number of hydrogen-bond acceptors (Lipinski definition) is 0. The van der Waals surface area contributed by atoms with Crippen LogP contribution in [0.1, 0.15) is 55.0 Å². The summed E-state index contributed by atoms with van der Waals surface area (Å²) in [5.74, 6) is 0. The van der Waals surface area contributed by atoms with Gasteiger partial charge < -0.3 is 0 Å². The summed E-state index contributed by atoms with van der Waals surface area (Å²) in [5, 5.41) is 2.74. The highest BCUT2D eigenvalue weighted by atomic mass is 14.2.